The zero-order valence-corrected chi connectivity index (χ0v) is 17.5. The number of benzene rings is 1. The van der Waals surface area contributed by atoms with E-state index < -0.39 is 12.6 Å². The van der Waals surface area contributed by atoms with Gasteiger partial charge in [-0.25, -0.2) is 0 Å². The summed E-state index contributed by atoms with van der Waals surface area (Å²) in [6, 6.07) is 11.8. The fourth-order valence-electron chi connectivity index (χ4n) is 4.55. The number of piperidine rings is 1. The van der Waals surface area contributed by atoms with Crippen molar-refractivity contribution in [2.24, 2.45) is 5.92 Å². The quantitative estimate of drug-likeness (QED) is 0.638. The molecular formula is C22H23N2O5S-. The SMILES string of the molecule is CSc1ccc(-c2ccc(=O)n3c2[C@@H]2C[C@@H](CN(C(=O)COCC(=O)[O-])C2)C3)cc1. The number of hydrogen-bond acceptors (Lipinski definition) is 6. The normalized spacial score (nSPS) is 20.0. The lowest BCUT2D eigenvalue weighted by Crippen LogP contribution is -2.50. The van der Waals surface area contributed by atoms with Crippen molar-refractivity contribution in [3.63, 3.8) is 0 Å². The molecule has 2 aliphatic heterocycles. The minimum absolute atomic E-state index is 0.0127. The van der Waals surface area contributed by atoms with E-state index in [4.69, 9.17) is 4.74 Å². The summed E-state index contributed by atoms with van der Waals surface area (Å²) in [6.45, 7) is 0.732. The molecule has 7 nitrogen and oxygen atoms in total. The van der Waals surface area contributed by atoms with Crippen molar-refractivity contribution in [3.05, 3.63) is 52.4 Å². The van der Waals surface area contributed by atoms with Gasteiger partial charge < -0.3 is 24.1 Å². The van der Waals surface area contributed by atoms with Crippen LogP contribution >= 0.6 is 11.8 Å². The lowest BCUT2D eigenvalue weighted by atomic mass is 9.80. The number of rotatable bonds is 6. The number of thioether (sulfide) groups is 1. The van der Waals surface area contributed by atoms with Gasteiger partial charge >= 0.3 is 0 Å². The first-order valence-electron chi connectivity index (χ1n) is 9.89. The van der Waals surface area contributed by atoms with Crippen LogP contribution in [-0.4, -0.2) is 53.9 Å². The summed E-state index contributed by atoms with van der Waals surface area (Å²) < 4.78 is 6.79. The van der Waals surface area contributed by atoms with E-state index in [0.29, 0.717) is 19.6 Å². The van der Waals surface area contributed by atoms with Gasteiger partial charge in [-0.15, -0.1) is 11.8 Å². The number of amides is 1. The lowest BCUT2D eigenvalue weighted by Gasteiger charge is -2.43. The van der Waals surface area contributed by atoms with Crippen LogP contribution in [0.4, 0.5) is 0 Å². The third-order valence-corrected chi connectivity index (χ3v) is 6.53. The topological polar surface area (TPSA) is 91.7 Å². The number of carbonyl (C=O) groups excluding carboxylic acids is 2. The number of fused-ring (bicyclic) bond motifs is 4. The Morgan fingerprint density at radius 2 is 1.87 bits per heavy atom. The molecule has 30 heavy (non-hydrogen) atoms. The monoisotopic (exact) mass is 427 g/mol. The van der Waals surface area contributed by atoms with Crippen molar-refractivity contribution in [3.8, 4) is 11.1 Å². The molecule has 3 heterocycles. The Bertz CT molecular complexity index is 1020. The van der Waals surface area contributed by atoms with Crippen molar-refractivity contribution >= 4 is 23.6 Å². The Kier molecular flexibility index (Phi) is 5.97. The molecule has 4 rings (SSSR count). The van der Waals surface area contributed by atoms with Crippen LogP contribution in [0.25, 0.3) is 11.1 Å². The molecule has 2 bridgehead atoms. The third-order valence-electron chi connectivity index (χ3n) is 5.79. The van der Waals surface area contributed by atoms with Crippen LogP contribution in [0.2, 0.25) is 0 Å². The molecule has 1 aromatic carbocycles. The van der Waals surface area contributed by atoms with Crippen molar-refractivity contribution in [2.45, 2.75) is 23.8 Å². The van der Waals surface area contributed by atoms with E-state index in [1.54, 1.807) is 22.7 Å². The largest absolute Gasteiger partial charge is 0.548 e. The minimum Gasteiger partial charge on any atom is -0.548 e. The van der Waals surface area contributed by atoms with Crippen molar-refractivity contribution in [1.82, 2.24) is 9.47 Å². The van der Waals surface area contributed by atoms with E-state index in [9.17, 15) is 19.5 Å². The number of likely N-dealkylation sites (tertiary alicyclic amines) is 1. The minimum atomic E-state index is -1.34. The molecule has 8 heteroatoms. The summed E-state index contributed by atoms with van der Waals surface area (Å²) in [6.07, 6.45) is 2.95. The van der Waals surface area contributed by atoms with E-state index in [0.717, 1.165) is 23.2 Å². The predicted molar refractivity (Wildman–Crippen MR) is 111 cm³/mol. The Balaban J connectivity index is 1.62. The fraction of sp³-hybridized carbons (Fsp3) is 0.409. The molecule has 0 radical (unpaired) electrons. The van der Waals surface area contributed by atoms with Crippen LogP contribution in [0.3, 0.4) is 0 Å². The summed E-state index contributed by atoms with van der Waals surface area (Å²) in [5.74, 6) is -1.34. The van der Waals surface area contributed by atoms with Gasteiger partial charge in [-0.1, -0.05) is 12.1 Å². The maximum Gasteiger partial charge on any atom is 0.250 e. The van der Waals surface area contributed by atoms with Gasteiger partial charge in [0.15, 0.2) is 0 Å². The molecule has 1 amide bonds. The van der Waals surface area contributed by atoms with Crippen molar-refractivity contribution < 1.29 is 19.4 Å². The molecule has 0 saturated carbocycles. The maximum atomic E-state index is 12.6. The highest BCUT2D eigenvalue weighted by Gasteiger charge is 2.37. The maximum absolute atomic E-state index is 12.6. The Labute approximate surface area is 178 Å². The number of nitrogens with zero attached hydrogens (tertiary/aromatic N) is 2. The first kappa shape index (κ1) is 20.7. The molecule has 1 fully saturated rings. The summed E-state index contributed by atoms with van der Waals surface area (Å²) in [5.41, 5.74) is 3.04. The molecule has 0 aliphatic carbocycles. The molecule has 1 aromatic heterocycles. The van der Waals surface area contributed by atoms with Gasteiger partial charge in [0, 0.05) is 47.8 Å². The molecule has 0 N–H and O–H groups in total. The van der Waals surface area contributed by atoms with Crippen molar-refractivity contribution in [2.75, 3.05) is 32.6 Å². The smallest absolute Gasteiger partial charge is 0.250 e. The van der Waals surface area contributed by atoms with E-state index in [-0.39, 0.29) is 29.9 Å². The number of hydrogen-bond donors (Lipinski definition) is 0. The van der Waals surface area contributed by atoms with Crippen LogP contribution in [-0.2, 0) is 20.9 Å². The molecular weight excluding hydrogens is 404 g/mol. The summed E-state index contributed by atoms with van der Waals surface area (Å²) in [7, 11) is 0. The van der Waals surface area contributed by atoms with E-state index in [1.165, 1.54) is 4.90 Å². The second-order valence-electron chi connectivity index (χ2n) is 7.77. The molecule has 2 aliphatic rings. The molecule has 0 unspecified atom stereocenters. The molecule has 158 valence electrons. The second-order valence-corrected chi connectivity index (χ2v) is 8.65. The van der Waals surface area contributed by atoms with Gasteiger partial charge in [0.1, 0.15) is 6.61 Å². The van der Waals surface area contributed by atoms with Gasteiger partial charge in [0.05, 0.1) is 12.6 Å². The first-order chi connectivity index (χ1) is 14.5. The Morgan fingerprint density at radius 3 is 2.57 bits per heavy atom. The summed E-state index contributed by atoms with van der Waals surface area (Å²) in [4.78, 5) is 38.5. The third kappa shape index (κ3) is 4.15. The average Bonchev–Trinajstić information content (AvgIpc) is 2.74. The van der Waals surface area contributed by atoms with Gasteiger partial charge in [-0.2, -0.15) is 0 Å². The first-order valence-corrected chi connectivity index (χ1v) is 11.1. The van der Waals surface area contributed by atoms with Crippen molar-refractivity contribution in [1.29, 1.82) is 0 Å². The number of aromatic nitrogens is 1. The van der Waals surface area contributed by atoms with Crippen LogP contribution < -0.4 is 10.7 Å². The van der Waals surface area contributed by atoms with Crippen LogP contribution in [0.5, 0.6) is 0 Å². The molecule has 2 aromatic rings. The zero-order valence-electron chi connectivity index (χ0n) is 16.7. The Morgan fingerprint density at radius 1 is 1.10 bits per heavy atom. The number of aliphatic carboxylic acids is 1. The second kappa shape index (κ2) is 8.65. The highest BCUT2D eigenvalue weighted by Crippen LogP contribution is 2.40. The van der Waals surface area contributed by atoms with Gasteiger partial charge in [0.25, 0.3) is 5.56 Å². The van der Waals surface area contributed by atoms with E-state index >= 15 is 0 Å². The van der Waals surface area contributed by atoms with Gasteiger partial charge in [-0.3, -0.25) is 9.59 Å². The summed E-state index contributed by atoms with van der Waals surface area (Å²) >= 11 is 1.68. The number of carboxylic acid groups (broad SMARTS) is 1. The van der Waals surface area contributed by atoms with Crippen LogP contribution in [0.15, 0.2) is 46.1 Å². The number of ether oxygens (including phenoxy) is 1. The molecule has 2 atom stereocenters. The van der Waals surface area contributed by atoms with E-state index in [1.807, 2.05) is 16.9 Å². The lowest BCUT2D eigenvalue weighted by molar-refractivity contribution is -0.309. The molecule has 1 saturated heterocycles. The number of pyridine rings is 1. The number of carboxylic acids is 1. The standard InChI is InChI=1S/C22H24N2O5S/c1-30-17-4-2-15(3-5-17)18-6-7-19(25)24-10-14-8-16(22(18)24)11-23(9-14)20(26)12-29-13-21(27)28/h2-7,14,16H,8-13H2,1H3,(H,27,28)/p-1/t14-,16+/m0/s1. The van der Waals surface area contributed by atoms with Crippen LogP contribution in [0.1, 0.15) is 18.0 Å². The van der Waals surface area contributed by atoms with Crippen LogP contribution in [0, 0.1) is 5.92 Å². The van der Waals surface area contributed by atoms with E-state index in [2.05, 4.69) is 24.3 Å². The fourth-order valence-corrected chi connectivity index (χ4v) is 4.95. The summed E-state index contributed by atoms with van der Waals surface area (Å²) in [5, 5.41) is 10.5. The highest BCUT2D eigenvalue weighted by atomic mass is 32.2. The van der Waals surface area contributed by atoms with Gasteiger partial charge in [-0.05, 0) is 42.4 Å². The predicted octanol–water partition coefficient (Wildman–Crippen LogP) is 0.949. The zero-order chi connectivity index (χ0) is 21.3. The number of carbonyl (C=O) groups is 2. The highest BCUT2D eigenvalue weighted by molar-refractivity contribution is 7.98. The molecule has 0 spiro atoms. The average molecular weight is 428 g/mol. The van der Waals surface area contributed by atoms with Gasteiger partial charge in [0.2, 0.25) is 5.91 Å². The Hall–Kier alpha value is -2.58.